The maximum absolute atomic E-state index is 12.1. The van der Waals surface area contributed by atoms with Gasteiger partial charge in [-0.2, -0.15) is 0 Å². The number of nitrogens with one attached hydrogen (secondary N) is 1. The summed E-state index contributed by atoms with van der Waals surface area (Å²) in [7, 11) is 1.57. The third-order valence-electron chi connectivity index (χ3n) is 2.50. The van der Waals surface area contributed by atoms with E-state index in [1.54, 1.807) is 31.3 Å². The molecule has 0 saturated carbocycles. The van der Waals surface area contributed by atoms with Crippen molar-refractivity contribution in [2.24, 2.45) is 5.73 Å². The predicted octanol–water partition coefficient (Wildman–Crippen LogP) is 0.529. The third kappa shape index (κ3) is 4.33. The molecule has 1 aromatic rings. The second kappa shape index (κ2) is 6.84. The summed E-state index contributed by atoms with van der Waals surface area (Å²) in [4.78, 5) is 25.1. The molecule has 102 valence electrons. The molecule has 0 atom stereocenters. The number of hydrogen-bond donors (Lipinski definition) is 2. The van der Waals surface area contributed by atoms with E-state index in [0.29, 0.717) is 17.7 Å². The first-order valence-electron chi connectivity index (χ1n) is 5.87. The molecule has 0 saturated heterocycles. The van der Waals surface area contributed by atoms with E-state index >= 15 is 0 Å². The lowest BCUT2D eigenvalue weighted by Crippen LogP contribution is -2.38. The highest BCUT2D eigenvalue weighted by Crippen LogP contribution is 2.07. The number of hydrogen-bond acceptors (Lipinski definition) is 3. The summed E-state index contributed by atoms with van der Waals surface area (Å²) in [5, 5.41) is 2.64. The number of carbonyl (C=O) groups excluding carboxylic acids is 2. The first-order valence-corrected chi connectivity index (χ1v) is 6.28. The van der Waals surface area contributed by atoms with Crippen molar-refractivity contribution in [3.8, 4) is 0 Å². The topological polar surface area (TPSA) is 75.4 Å². The van der Waals surface area contributed by atoms with Crippen molar-refractivity contribution < 1.29 is 9.59 Å². The van der Waals surface area contributed by atoms with Crippen molar-refractivity contribution >= 4 is 29.0 Å². The van der Waals surface area contributed by atoms with Gasteiger partial charge in [0.2, 0.25) is 5.91 Å². The molecule has 0 aromatic heterocycles. The minimum absolute atomic E-state index is 0.0178. The number of thiocarbonyl (C=S) groups is 1. The third-order valence-corrected chi connectivity index (χ3v) is 2.73. The average Bonchev–Trinajstić information content (AvgIpc) is 2.38. The first-order chi connectivity index (χ1) is 8.95. The maximum Gasteiger partial charge on any atom is 0.254 e. The number of nitrogens with two attached hydrogens (primary N) is 1. The Bertz CT molecular complexity index is 502. The van der Waals surface area contributed by atoms with Gasteiger partial charge in [0, 0.05) is 24.7 Å². The Balaban J connectivity index is 2.79. The van der Waals surface area contributed by atoms with Crippen LogP contribution in [0.5, 0.6) is 0 Å². The van der Waals surface area contributed by atoms with Crippen molar-refractivity contribution in [3.05, 3.63) is 35.4 Å². The fourth-order valence-electron chi connectivity index (χ4n) is 1.57. The Hall–Kier alpha value is -1.95. The smallest absolute Gasteiger partial charge is 0.254 e. The molecule has 1 rings (SSSR count). The van der Waals surface area contributed by atoms with Crippen LogP contribution in [0.3, 0.4) is 0 Å². The molecule has 0 aliphatic carbocycles. The molecule has 1 aromatic carbocycles. The van der Waals surface area contributed by atoms with Gasteiger partial charge in [-0.1, -0.05) is 24.4 Å². The zero-order valence-electron chi connectivity index (χ0n) is 11.0. The summed E-state index contributed by atoms with van der Waals surface area (Å²) in [6.07, 6.45) is 0. The molecule has 5 nitrogen and oxygen atoms in total. The van der Waals surface area contributed by atoms with Crippen molar-refractivity contribution in [3.63, 3.8) is 0 Å². The van der Waals surface area contributed by atoms with Crippen LogP contribution in [-0.2, 0) is 4.79 Å². The van der Waals surface area contributed by atoms with Crippen LogP contribution >= 0.6 is 12.2 Å². The molecule has 0 aliphatic heterocycles. The molecule has 0 heterocycles. The fourth-order valence-corrected chi connectivity index (χ4v) is 1.69. The van der Waals surface area contributed by atoms with Crippen LogP contribution in [0.1, 0.15) is 22.8 Å². The van der Waals surface area contributed by atoms with Crippen LogP contribution in [0.15, 0.2) is 24.3 Å². The summed E-state index contributed by atoms with van der Waals surface area (Å²) >= 11 is 4.87. The van der Waals surface area contributed by atoms with Crippen LogP contribution in [0, 0.1) is 0 Å². The number of rotatable bonds is 5. The second-order valence-electron chi connectivity index (χ2n) is 4.06. The Morgan fingerprint density at radius 1 is 1.37 bits per heavy atom. The van der Waals surface area contributed by atoms with Crippen molar-refractivity contribution in [2.45, 2.75) is 6.92 Å². The summed E-state index contributed by atoms with van der Waals surface area (Å²) in [6.45, 7) is 2.38. The average molecular weight is 279 g/mol. The molecule has 0 unspecified atom stereocenters. The molecule has 0 fully saturated rings. The van der Waals surface area contributed by atoms with Crippen LogP contribution in [0.4, 0.5) is 0 Å². The maximum atomic E-state index is 12.1. The van der Waals surface area contributed by atoms with Crippen molar-refractivity contribution in [2.75, 3.05) is 20.1 Å². The normalized spacial score (nSPS) is 9.79. The Kier molecular flexibility index (Phi) is 5.44. The summed E-state index contributed by atoms with van der Waals surface area (Å²) in [5.41, 5.74) is 6.61. The Morgan fingerprint density at radius 2 is 2.00 bits per heavy atom. The zero-order valence-corrected chi connectivity index (χ0v) is 11.8. The van der Waals surface area contributed by atoms with Gasteiger partial charge in [0.25, 0.3) is 5.91 Å². The largest absolute Gasteiger partial charge is 0.389 e. The quantitative estimate of drug-likeness (QED) is 0.771. The Morgan fingerprint density at radius 3 is 2.58 bits per heavy atom. The van der Waals surface area contributed by atoms with Gasteiger partial charge in [0.05, 0.1) is 6.54 Å². The summed E-state index contributed by atoms with van der Waals surface area (Å²) in [6, 6.07) is 6.74. The molecule has 0 spiro atoms. The highest BCUT2D eigenvalue weighted by atomic mass is 32.1. The lowest BCUT2D eigenvalue weighted by molar-refractivity contribution is -0.121. The van der Waals surface area contributed by atoms with Crippen molar-refractivity contribution in [1.82, 2.24) is 10.2 Å². The molecule has 6 heteroatoms. The van der Waals surface area contributed by atoms with E-state index in [1.165, 1.54) is 4.90 Å². The van der Waals surface area contributed by atoms with E-state index in [-0.39, 0.29) is 23.3 Å². The van der Waals surface area contributed by atoms with Gasteiger partial charge in [-0.05, 0) is 19.1 Å². The van der Waals surface area contributed by atoms with E-state index in [1.807, 2.05) is 6.92 Å². The lowest BCUT2D eigenvalue weighted by atomic mass is 10.1. The van der Waals surface area contributed by atoms with Gasteiger partial charge in [-0.15, -0.1) is 0 Å². The predicted molar refractivity (Wildman–Crippen MR) is 78.0 cm³/mol. The SMILES string of the molecule is CCNC(=O)CN(C)C(=O)c1cccc(C(N)=S)c1. The molecule has 2 amide bonds. The highest BCUT2D eigenvalue weighted by molar-refractivity contribution is 7.80. The van der Waals surface area contributed by atoms with Gasteiger partial charge in [-0.3, -0.25) is 9.59 Å². The monoisotopic (exact) mass is 279 g/mol. The van der Waals surface area contributed by atoms with E-state index < -0.39 is 0 Å². The molecule has 0 bridgehead atoms. The summed E-state index contributed by atoms with van der Waals surface area (Å²) < 4.78 is 0. The minimum atomic E-state index is -0.246. The van der Waals surface area contributed by atoms with Gasteiger partial charge in [0.15, 0.2) is 0 Å². The van der Waals surface area contributed by atoms with Crippen LogP contribution < -0.4 is 11.1 Å². The van der Waals surface area contributed by atoms with E-state index in [4.69, 9.17) is 18.0 Å². The van der Waals surface area contributed by atoms with Crippen LogP contribution in [-0.4, -0.2) is 41.8 Å². The molecular formula is C13H17N3O2S. The second-order valence-corrected chi connectivity index (χ2v) is 4.50. The van der Waals surface area contributed by atoms with E-state index in [2.05, 4.69) is 5.32 Å². The van der Waals surface area contributed by atoms with E-state index in [0.717, 1.165) is 0 Å². The Labute approximate surface area is 117 Å². The zero-order chi connectivity index (χ0) is 14.4. The van der Waals surface area contributed by atoms with E-state index in [9.17, 15) is 9.59 Å². The van der Waals surface area contributed by atoms with Crippen LogP contribution in [0.25, 0.3) is 0 Å². The molecule has 3 N–H and O–H groups in total. The van der Waals surface area contributed by atoms with Gasteiger partial charge in [0.1, 0.15) is 4.99 Å². The molecular weight excluding hydrogens is 262 g/mol. The molecule has 19 heavy (non-hydrogen) atoms. The lowest BCUT2D eigenvalue weighted by Gasteiger charge is -2.16. The van der Waals surface area contributed by atoms with Crippen molar-refractivity contribution in [1.29, 1.82) is 0 Å². The van der Waals surface area contributed by atoms with Gasteiger partial charge in [-0.25, -0.2) is 0 Å². The summed E-state index contributed by atoms with van der Waals surface area (Å²) in [5.74, 6) is -0.437. The molecule has 0 radical (unpaired) electrons. The number of benzene rings is 1. The number of likely N-dealkylation sites (N-methyl/N-ethyl adjacent to an activating group) is 2. The highest BCUT2D eigenvalue weighted by Gasteiger charge is 2.15. The fraction of sp³-hybridized carbons (Fsp3) is 0.308. The number of carbonyl (C=O) groups is 2. The number of amides is 2. The first kappa shape index (κ1) is 15.1. The van der Waals surface area contributed by atoms with Gasteiger partial charge >= 0.3 is 0 Å². The molecule has 0 aliphatic rings. The number of nitrogens with zero attached hydrogens (tertiary/aromatic N) is 1. The standard InChI is InChI=1S/C13H17N3O2S/c1-3-15-11(17)8-16(2)13(18)10-6-4-5-9(7-10)12(14)19/h4-7H,3,8H2,1-2H3,(H2,14,19)(H,15,17). The van der Waals surface area contributed by atoms with Crippen LogP contribution in [0.2, 0.25) is 0 Å². The van der Waals surface area contributed by atoms with Gasteiger partial charge < -0.3 is 16.0 Å². The minimum Gasteiger partial charge on any atom is -0.389 e.